The number of rotatable bonds is 11. The van der Waals surface area contributed by atoms with Crippen LogP contribution in [0.25, 0.3) is 0 Å². The van der Waals surface area contributed by atoms with Crippen LogP contribution in [0.1, 0.15) is 39.5 Å². The third kappa shape index (κ3) is 10.0. The van der Waals surface area contributed by atoms with E-state index in [4.69, 9.17) is 9.47 Å². The van der Waals surface area contributed by atoms with E-state index in [1.54, 1.807) is 7.11 Å². The van der Waals surface area contributed by atoms with E-state index in [1.807, 2.05) is 38.1 Å². The third-order valence-electron chi connectivity index (χ3n) is 4.04. The standard InChI is InChI=1S/C20H32N4O3.HI/c1-4-21-20(22-12-6-9-19(25)24-16-10-11-16)23-14-15(2)27-18-8-5-7-17(13-18)26-3;/h5,7-8,13,15-16H,4,6,9-12,14H2,1-3H3,(H,24,25)(H2,21,22,23);1H. The molecule has 0 heterocycles. The van der Waals surface area contributed by atoms with Crippen molar-refractivity contribution in [3.8, 4) is 11.5 Å². The Morgan fingerprint density at radius 3 is 2.71 bits per heavy atom. The van der Waals surface area contributed by atoms with Gasteiger partial charge in [0.2, 0.25) is 5.91 Å². The summed E-state index contributed by atoms with van der Waals surface area (Å²) in [5.74, 6) is 2.41. The number of carbonyl (C=O) groups excluding carboxylic acids is 1. The van der Waals surface area contributed by atoms with E-state index in [9.17, 15) is 4.79 Å². The minimum Gasteiger partial charge on any atom is -0.497 e. The molecule has 0 radical (unpaired) electrons. The molecular formula is C20H33IN4O3. The molecule has 2 rings (SSSR count). The van der Waals surface area contributed by atoms with Gasteiger partial charge in [0.25, 0.3) is 0 Å². The van der Waals surface area contributed by atoms with E-state index in [0.29, 0.717) is 25.6 Å². The molecule has 1 aliphatic rings. The minimum atomic E-state index is -0.0723. The van der Waals surface area contributed by atoms with Crippen molar-refractivity contribution in [3.05, 3.63) is 24.3 Å². The molecule has 1 fully saturated rings. The van der Waals surface area contributed by atoms with Crippen LogP contribution < -0.4 is 25.4 Å². The monoisotopic (exact) mass is 504 g/mol. The Balaban J connectivity index is 0.00000392. The number of methoxy groups -OCH3 is 1. The van der Waals surface area contributed by atoms with Crippen LogP contribution in [0.2, 0.25) is 0 Å². The Kier molecular flexibility index (Phi) is 11.7. The molecule has 7 nitrogen and oxygen atoms in total. The lowest BCUT2D eigenvalue weighted by Crippen LogP contribution is -2.39. The highest BCUT2D eigenvalue weighted by Gasteiger charge is 2.22. The van der Waals surface area contributed by atoms with E-state index < -0.39 is 0 Å². The number of benzene rings is 1. The number of nitrogens with zero attached hydrogens (tertiary/aromatic N) is 1. The highest BCUT2D eigenvalue weighted by Crippen LogP contribution is 2.20. The summed E-state index contributed by atoms with van der Waals surface area (Å²) in [5.41, 5.74) is 0. The van der Waals surface area contributed by atoms with Gasteiger partial charge < -0.3 is 25.4 Å². The van der Waals surface area contributed by atoms with Crippen LogP contribution >= 0.6 is 24.0 Å². The van der Waals surface area contributed by atoms with Gasteiger partial charge in [0.1, 0.15) is 17.6 Å². The molecule has 1 aliphatic carbocycles. The first-order valence-electron chi connectivity index (χ1n) is 9.73. The zero-order valence-corrected chi connectivity index (χ0v) is 19.3. The van der Waals surface area contributed by atoms with Crippen molar-refractivity contribution in [3.63, 3.8) is 0 Å². The number of hydrogen-bond donors (Lipinski definition) is 3. The van der Waals surface area contributed by atoms with Crippen LogP contribution in [0, 0.1) is 0 Å². The molecule has 3 N–H and O–H groups in total. The second-order valence-electron chi connectivity index (χ2n) is 6.70. The van der Waals surface area contributed by atoms with Crippen molar-refractivity contribution >= 4 is 35.8 Å². The van der Waals surface area contributed by atoms with Crippen molar-refractivity contribution in [1.82, 2.24) is 16.0 Å². The summed E-state index contributed by atoms with van der Waals surface area (Å²) in [6.45, 7) is 6.01. The maximum Gasteiger partial charge on any atom is 0.220 e. The smallest absolute Gasteiger partial charge is 0.220 e. The molecule has 1 atom stereocenters. The number of amides is 1. The van der Waals surface area contributed by atoms with E-state index >= 15 is 0 Å². The predicted octanol–water partition coefficient (Wildman–Crippen LogP) is 2.69. The largest absolute Gasteiger partial charge is 0.497 e. The first-order valence-corrected chi connectivity index (χ1v) is 9.73. The van der Waals surface area contributed by atoms with Crippen LogP contribution in [0.15, 0.2) is 29.3 Å². The summed E-state index contributed by atoms with van der Waals surface area (Å²) in [5, 5.41) is 9.48. The van der Waals surface area contributed by atoms with Gasteiger partial charge in [0.05, 0.1) is 13.7 Å². The molecule has 1 aromatic carbocycles. The number of ether oxygens (including phenoxy) is 2. The fourth-order valence-corrected chi connectivity index (χ4v) is 2.49. The summed E-state index contributed by atoms with van der Waals surface area (Å²) in [6.07, 6.45) is 3.49. The maximum atomic E-state index is 11.7. The van der Waals surface area contributed by atoms with Crippen LogP contribution in [0.3, 0.4) is 0 Å². The van der Waals surface area contributed by atoms with Crippen molar-refractivity contribution in [2.75, 3.05) is 26.7 Å². The zero-order valence-electron chi connectivity index (χ0n) is 17.0. The van der Waals surface area contributed by atoms with Gasteiger partial charge >= 0.3 is 0 Å². The lowest BCUT2D eigenvalue weighted by Gasteiger charge is -2.15. The lowest BCUT2D eigenvalue weighted by atomic mass is 10.3. The molecule has 8 heteroatoms. The molecule has 0 aromatic heterocycles. The van der Waals surface area contributed by atoms with Gasteiger partial charge in [-0.15, -0.1) is 24.0 Å². The van der Waals surface area contributed by atoms with Crippen molar-refractivity contribution in [1.29, 1.82) is 0 Å². The Bertz CT molecular complexity index is 623. The van der Waals surface area contributed by atoms with Crippen LogP contribution in [0.4, 0.5) is 0 Å². The normalized spacial score (nSPS) is 14.5. The number of aliphatic imine (C=N–C) groups is 1. The minimum absolute atomic E-state index is 0. The van der Waals surface area contributed by atoms with Crippen LogP contribution in [0.5, 0.6) is 11.5 Å². The fraction of sp³-hybridized carbons (Fsp3) is 0.600. The topological polar surface area (TPSA) is 84.0 Å². The molecule has 1 aromatic rings. The average Bonchev–Trinajstić information content (AvgIpc) is 3.47. The Labute approximate surface area is 185 Å². The number of guanidine groups is 1. The van der Waals surface area contributed by atoms with E-state index in [0.717, 1.165) is 43.3 Å². The number of halogens is 1. The second kappa shape index (κ2) is 13.5. The van der Waals surface area contributed by atoms with Gasteiger partial charge in [-0.1, -0.05) is 6.07 Å². The summed E-state index contributed by atoms with van der Waals surface area (Å²) in [6, 6.07) is 7.97. The molecule has 0 bridgehead atoms. The maximum absolute atomic E-state index is 11.7. The highest BCUT2D eigenvalue weighted by molar-refractivity contribution is 14.0. The van der Waals surface area contributed by atoms with Gasteiger partial charge in [-0.05, 0) is 45.2 Å². The summed E-state index contributed by atoms with van der Waals surface area (Å²) in [4.78, 5) is 16.3. The molecule has 0 aliphatic heterocycles. The van der Waals surface area contributed by atoms with Crippen molar-refractivity contribution in [2.45, 2.75) is 51.7 Å². The molecule has 0 saturated heterocycles. The van der Waals surface area contributed by atoms with E-state index in [1.165, 1.54) is 0 Å². The predicted molar refractivity (Wildman–Crippen MR) is 123 cm³/mol. The molecule has 1 saturated carbocycles. The van der Waals surface area contributed by atoms with Crippen LogP contribution in [-0.2, 0) is 4.79 Å². The van der Waals surface area contributed by atoms with Gasteiger partial charge in [-0.3, -0.25) is 4.79 Å². The molecule has 28 heavy (non-hydrogen) atoms. The summed E-state index contributed by atoms with van der Waals surface area (Å²) < 4.78 is 11.1. The van der Waals surface area contributed by atoms with Gasteiger partial charge in [0, 0.05) is 31.6 Å². The SMILES string of the molecule is CCNC(=NCC(C)Oc1cccc(OC)c1)NCCCC(=O)NC1CC1.I. The number of nitrogens with one attached hydrogen (secondary N) is 3. The molecule has 0 spiro atoms. The van der Waals surface area contributed by atoms with Gasteiger partial charge in [0.15, 0.2) is 5.96 Å². The Morgan fingerprint density at radius 1 is 1.29 bits per heavy atom. The summed E-state index contributed by atoms with van der Waals surface area (Å²) >= 11 is 0. The third-order valence-corrected chi connectivity index (χ3v) is 4.04. The molecular weight excluding hydrogens is 471 g/mol. The van der Waals surface area contributed by atoms with Gasteiger partial charge in [-0.2, -0.15) is 0 Å². The number of carbonyl (C=O) groups is 1. The second-order valence-corrected chi connectivity index (χ2v) is 6.70. The number of hydrogen-bond acceptors (Lipinski definition) is 4. The molecule has 1 unspecified atom stereocenters. The lowest BCUT2D eigenvalue weighted by molar-refractivity contribution is -0.121. The van der Waals surface area contributed by atoms with Crippen molar-refractivity contribution in [2.24, 2.45) is 4.99 Å². The van der Waals surface area contributed by atoms with Crippen molar-refractivity contribution < 1.29 is 14.3 Å². The fourth-order valence-electron chi connectivity index (χ4n) is 2.49. The Hall–Kier alpha value is -1.71. The molecule has 158 valence electrons. The van der Waals surface area contributed by atoms with Gasteiger partial charge in [-0.25, -0.2) is 4.99 Å². The first kappa shape index (κ1) is 24.3. The average molecular weight is 504 g/mol. The molecule has 1 amide bonds. The zero-order chi connectivity index (χ0) is 19.5. The van der Waals surface area contributed by atoms with Crippen LogP contribution in [-0.4, -0.2) is 50.8 Å². The first-order chi connectivity index (χ1) is 13.1. The highest BCUT2D eigenvalue weighted by atomic mass is 127. The summed E-state index contributed by atoms with van der Waals surface area (Å²) in [7, 11) is 1.64. The quantitative estimate of drug-likeness (QED) is 0.187. The van der Waals surface area contributed by atoms with E-state index in [2.05, 4.69) is 20.9 Å². The Morgan fingerprint density at radius 2 is 2.04 bits per heavy atom. The van der Waals surface area contributed by atoms with E-state index in [-0.39, 0.29) is 36.0 Å².